The number of aromatic nitrogens is 1. The predicted octanol–water partition coefficient (Wildman–Crippen LogP) is 4.27. The summed E-state index contributed by atoms with van der Waals surface area (Å²) in [4.78, 5) is 51.2. The van der Waals surface area contributed by atoms with E-state index in [0.29, 0.717) is 22.8 Å². The molecule has 8 nitrogen and oxygen atoms in total. The Balaban J connectivity index is 1.69. The van der Waals surface area contributed by atoms with Gasteiger partial charge in [0.1, 0.15) is 29.3 Å². The highest BCUT2D eigenvalue weighted by atomic mass is 35.5. The van der Waals surface area contributed by atoms with E-state index < -0.39 is 29.2 Å². The van der Waals surface area contributed by atoms with Gasteiger partial charge in [-0.1, -0.05) is 23.7 Å². The molecule has 0 aliphatic carbocycles. The monoisotopic (exact) mass is 480 g/mol. The molecule has 0 aliphatic heterocycles. The summed E-state index contributed by atoms with van der Waals surface area (Å²) in [6.07, 6.45) is 1.58. The molecule has 2 aromatic carbocycles. The fraction of sp³-hybridized carbons (Fsp3) is 0.0417. The number of carboxylic acids is 1. The minimum Gasteiger partial charge on any atom is -0.477 e. The number of halogens is 2. The normalized spacial score (nSPS) is 11.7. The number of carbonyl (C=O) groups excluding carboxylic acids is 2. The molecule has 10 heteroatoms. The van der Waals surface area contributed by atoms with Gasteiger partial charge in [0.15, 0.2) is 0 Å². The highest BCUT2D eigenvalue weighted by molar-refractivity contribution is 6.33. The molecule has 0 bridgehead atoms. The zero-order chi connectivity index (χ0) is 24.4. The van der Waals surface area contributed by atoms with Crippen LogP contribution in [0.15, 0.2) is 70.0 Å². The van der Waals surface area contributed by atoms with Crippen LogP contribution in [-0.2, 0) is 9.59 Å². The van der Waals surface area contributed by atoms with Crippen molar-refractivity contribution in [2.75, 3.05) is 5.32 Å². The average molecular weight is 481 g/mol. The second-order valence-corrected chi connectivity index (χ2v) is 7.61. The smallest absolute Gasteiger partial charge is 0.354 e. The van der Waals surface area contributed by atoms with Crippen molar-refractivity contribution in [3.8, 4) is 11.1 Å². The largest absolute Gasteiger partial charge is 0.477 e. The molecule has 2 heterocycles. The number of carboxylic acid groups (broad SMARTS) is 1. The van der Waals surface area contributed by atoms with Gasteiger partial charge in [0.05, 0.1) is 16.9 Å². The second-order valence-electron chi connectivity index (χ2n) is 7.20. The number of fused-ring (bicyclic) bond motifs is 1. The lowest BCUT2D eigenvalue weighted by Gasteiger charge is -2.13. The Morgan fingerprint density at radius 1 is 1.09 bits per heavy atom. The Hall–Kier alpha value is -4.37. The van der Waals surface area contributed by atoms with Crippen molar-refractivity contribution in [1.82, 2.24) is 4.98 Å². The summed E-state index contributed by atoms with van der Waals surface area (Å²) in [6, 6.07) is 12.0. The number of hydrogen-bond donors (Lipinski definition) is 2. The minimum absolute atomic E-state index is 0.101. The summed E-state index contributed by atoms with van der Waals surface area (Å²) < 4.78 is 18.7. The maximum atomic E-state index is 13.5. The van der Waals surface area contributed by atoms with Gasteiger partial charge in [-0.3, -0.25) is 4.79 Å². The van der Waals surface area contributed by atoms with Crippen LogP contribution in [-0.4, -0.2) is 28.3 Å². The molecule has 4 rings (SSSR count). The fourth-order valence-electron chi connectivity index (χ4n) is 3.41. The van der Waals surface area contributed by atoms with Crippen LogP contribution in [0.1, 0.15) is 22.0 Å². The van der Waals surface area contributed by atoms with Crippen molar-refractivity contribution in [2.24, 2.45) is 0 Å². The number of pyridine rings is 1. The Bertz CT molecular complexity index is 1500. The summed E-state index contributed by atoms with van der Waals surface area (Å²) in [5.74, 6) is -3.70. The number of rotatable bonds is 6. The second kappa shape index (κ2) is 9.24. The third kappa shape index (κ3) is 4.55. The Morgan fingerprint density at radius 3 is 2.53 bits per heavy atom. The highest BCUT2D eigenvalue weighted by Gasteiger charge is 2.22. The van der Waals surface area contributed by atoms with Crippen LogP contribution in [0.5, 0.6) is 0 Å². The Morgan fingerprint density at radius 2 is 1.88 bits per heavy atom. The Kier molecular flexibility index (Phi) is 6.20. The van der Waals surface area contributed by atoms with E-state index in [2.05, 4.69) is 10.3 Å². The molecule has 2 N–H and O–H groups in total. The molecule has 0 fully saturated rings. The van der Waals surface area contributed by atoms with Crippen LogP contribution in [0.3, 0.4) is 0 Å². The van der Waals surface area contributed by atoms with E-state index in [-0.39, 0.29) is 27.6 Å². The molecule has 0 radical (unpaired) electrons. The molecule has 34 heavy (non-hydrogen) atoms. The number of carbonyl (C=O) groups is 3. The maximum absolute atomic E-state index is 13.5. The van der Waals surface area contributed by atoms with Gasteiger partial charge in [0, 0.05) is 22.6 Å². The molecule has 0 saturated carbocycles. The van der Waals surface area contributed by atoms with E-state index in [9.17, 15) is 23.6 Å². The van der Waals surface area contributed by atoms with Gasteiger partial charge in [-0.15, -0.1) is 0 Å². The number of nitrogens with one attached hydrogen (secondary N) is 1. The van der Waals surface area contributed by atoms with E-state index in [0.717, 1.165) is 12.3 Å². The summed E-state index contributed by atoms with van der Waals surface area (Å²) in [5.41, 5.74) is 0.467. The van der Waals surface area contributed by atoms with Crippen LogP contribution >= 0.6 is 11.6 Å². The Labute approximate surface area is 195 Å². The summed E-state index contributed by atoms with van der Waals surface area (Å²) in [6.45, 7) is 0. The first-order chi connectivity index (χ1) is 16.3. The first-order valence-electron chi connectivity index (χ1n) is 9.75. The molecular weight excluding hydrogens is 467 g/mol. The van der Waals surface area contributed by atoms with Crippen LogP contribution in [0, 0.1) is 5.82 Å². The minimum atomic E-state index is -1.26. The topological polar surface area (TPSA) is 127 Å². The van der Waals surface area contributed by atoms with Gasteiger partial charge in [-0.05, 0) is 42.0 Å². The third-order valence-electron chi connectivity index (χ3n) is 5.02. The van der Waals surface area contributed by atoms with E-state index in [1.165, 1.54) is 42.5 Å². The fourth-order valence-corrected chi connectivity index (χ4v) is 3.68. The lowest BCUT2D eigenvalue weighted by molar-refractivity contribution is -0.122. The third-order valence-corrected chi connectivity index (χ3v) is 5.33. The number of amides is 1. The van der Waals surface area contributed by atoms with E-state index in [1.807, 2.05) is 0 Å². The first-order valence-corrected chi connectivity index (χ1v) is 10.1. The van der Waals surface area contributed by atoms with Crippen molar-refractivity contribution in [1.29, 1.82) is 0 Å². The van der Waals surface area contributed by atoms with Crippen molar-refractivity contribution in [2.45, 2.75) is 5.92 Å². The van der Waals surface area contributed by atoms with Gasteiger partial charge < -0.3 is 19.6 Å². The van der Waals surface area contributed by atoms with Gasteiger partial charge in [0.25, 0.3) is 0 Å². The van der Waals surface area contributed by atoms with Crippen LogP contribution in [0.4, 0.5) is 10.1 Å². The van der Waals surface area contributed by atoms with E-state index >= 15 is 0 Å². The van der Waals surface area contributed by atoms with Crippen molar-refractivity contribution >= 4 is 46.4 Å². The molecule has 170 valence electrons. The molecule has 2 aromatic heterocycles. The van der Waals surface area contributed by atoms with Crippen molar-refractivity contribution in [3.05, 3.63) is 93.3 Å². The van der Waals surface area contributed by atoms with Crippen LogP contribution < -0.4 is 10.9 Å². The molecule has 1 atom stereocenters. The lowest BCUT2D eigenvalue weighted by atomic mass is 9.95. The zero-order valence-electron chi connectivity index (χ0n) is 17.1. The molecule has 1 amide bonds. The molecular formula is C24H14ClFN2O6. The molecule has 0 saturated heterocycles. The van der Waals surface area contributed by atoms with Gasteiger partial charge >= 0.3 is 11.6 Å². The molecule has 0 aliphatic rings. The molecule has 4 aromatic rings. The predicted molar refractivity (Wildman–Crippen MR) is 122 cm³/mol. The number of aldehydes is 1. The lowest BCUT2D eigenvalue weighted by Crippen LogP contribution is -2.22. The van der Waals surface area contributed by atoms with Crippen LogP contribution in [0.2, 0.25) is 5.02 Å². The summed E-state index contributed by atoms with van der Waals surface area (Å²) in [5, 5.41) is 12.0. The number of hydrogen-bond acceptors (Lipinski definition) is 6. The first kappa shape index (κ1) is 22.8. The SMILES string of the molecule is O=CC(C(=O)Nc1ccc(C(=O)O)nc1)c1ccc2c(-c3ccc(F)cc3Cl)cc(=O)oc2c1. The van der Waals surface area contributed by atoms with E-state index in [1.54, 1.807) is 6.07 Å². The van der Waals surface area contributed by atoms with E-state index in [4.69, 9.17) is 21.1 Å². The molecule has 0 spiro atoms. The van der Waals surface area contributed by atoms with Crippen LogP contribution in [0.25, 0.3) is 22.1 Å². The quantitative estimate of drug-likeness (QED) is 0.240. The average Bonchev–Trinajstić information content (AvgIpc) is 2.79. The number of benzene rings is 2. The van der Waals surface area contributed by atoms with Crippen molar-refractivity contribution in [3.63, 3.8) is 0 Å². The van der Waals surface area contributed by atoms with Gasteiger partial charge in [0.2, 0.25) is 5.91 Å². The number of nitrogens with zero attached hydrogens (tertiary/aromatic N) is 1. The summed E-state index contributed by atoms with van der Waals surface area (Å²) >= 11 is 6.16. The zero-order valence-corrected chi connectivity index (χ0v) is 17.9. The van der Waals surface area contributed by atoms with Gasteiger partial charge in [-0.25, -0.2) is 19.0 Å². The number of anilines is 1. The van der Waals surface area contributed by atoms with Gasteiger partial charge in [-0.2, -0.15) is 0 Å². The van der Waals surface area contributed by atoms with Crippen molar-refractivity contribution < 1.29 is 28.3 Å². The highest BCUT2D eigenvalue weighted by Crippen LogP contribution is 2.34. The summed E-state index contributed by atoms with van der Waals surface area (Å²) in [7, 11) is 0. The molecule has 1 unspecified atom stereocenters. The standard InChI is InChI=1S/C24H14ClFN2O6/c25-19-8-13(26)2-5-15(19)17-9-22(30)34-21-7-12(1-4-16(17)21)18(11-29)23(31)28-14-3-6-20(24(32)33)27-10-14/h1-11,18H,(H,28,31)(H,32,33). The number of aromatic carboxylic acids is 1. The maximum Gasteiger partial charge on any atom is 0.354 e.